The minimum Gasteiger partial charge on any atom is -0.500 e. The highest BCUT2D eigenvalue weighted by atomic mass is 35.5. The van der Waals surface area contributed by atoms with Gasteiger partial charge in [0.25, 0.3) is 0 Å². The van der Waals surface area contributed by atoms with E-state index in [-0.39, 0.29) is 6.42 Å². The Bertz CT molecular complexity index is 1630. The molecule has 1 heterocycles. The van der Waals surface area contributed by atoms with Gasteiger partial charge >= 0.3 is 5.97 Å². The van der Waals surface area contributed by atoms with Crippen molar-refractivity contribution in [1.29, 1.82) is 0 Å². The van der Waals surface area contributed by atoms with Crippen LogP contribution in [0.25, 0.3) is 15.7 Å². The summed E-state index contributed by atoms with van der Waals surface area (Å²) in [5.41, 5.74) is 2.61. The van der Waals surface area contributed by atoms with Crippen molar-refractivity contribution in [3.05, 3.63) is 131 Å². The van der Waals surface area contributed by atoms with Gasteiger partial charge in [0.1, 0.15) is 29.6 Å². The summed E-state index contributed by atoms with van der Waals surface area (Å²) in [6, 6.07) is 28.9. The molecule has 0 saturated heterocycles. The van der Waals surface area contributed by atoms with E-state index in [0.717, 1.165) is 5.56 Å². The topological polar surface area (TPSA) is 62.0 Å². The van der Waals surface area contributed by atoms with Crippen LogP contribution in [0.4, 0.5) is 5.69 Å². The van der Waals surface area contributed by atoms with Gasteiger partial charge in [-0.05, 0) is 53.6 Å². The van der Waals surface area contributed by atoms with E-state index in [0.29, 0.717) is 56.8 Å². The van der Waals surface area contributed by atoms with Gasteiger partial charge in [0, 0.05) is 16.6 Å². The van der Waals surface area contributed by atoms with Crippen molar-refractivity contribution < 1.29 is 19.0 Å². The van der Waals surface area contributed by atoms with Crippen molar-refractivity contribution in [2.24, 2.45) is 0 Å². The Kier molecular flexibility index (Phi) is 7.49. The second kappa shape index (κ2) is 11.5. The Morgan fingerprint density at radius 1 is 0.868 bits per heavy atom. The van der Waals surface area contributed by atoms with Gasteiger partial charge < -0.3 is 14.2 Å². The molecule has 0 radical (unpaired) electrons. The van der Waals surface area contributed by atoms with Crippen LogP contribution in [0.1, 0.15) is 11.1 Å². The predicted molar refractivity (Wildman–Crippen MR) is 146 cm³/mol. The number of carbonyl (C=O) groups is 1. The maximum Gasteiger partial charge on any atom is 0.315 e. The first-order chi connectivity index (χ1) is 18.6. The number of aromatic nitrogens is 1. The maximum absolute atomic E-state index is 12.3. The Morgan fingerprint density at radius 2 is 1.63 bits per heavy atom. The normalized spacial score (nSPS) is 10.5. The van der Waals surface area contributed by atoms with Crippen LogP contribution >= 0.6 is 11.6 Å². The molecule has 0 unspecified atom stereocenters. The van der Waals surface area contributed by atoms with Crippen molar-refractivity contribution in [3.63, 3.8) is 0 Å². The first-order valence-electron chi connectivity index (χ1n) is 11.8. The van der Waals surface area contributed by atoms with Crippen LogP contribution in [0.2, 0.25) is 5.02 Å². The molecular weight excluding hydrogens is 500 g/mol. The molecule has 6 nitrogen and oxygen atoms in total. The molecule has 186 valence electrons. The number of carbonyl (C=O) groups excluding carboxylic acids is 1. The highest BCUT2D eigenvalue weighted by molar-refractivity contribution is 6.31. The largest absolute Gasteiger partial charge is 0.500 e. The third-order valence-electron chi connectivity index (χ3n) is 5.70. The maximum atomic E-state index is 12.3. The number of hydrogen-bond acceptors (Lipinski definition) is 5. The SMILES string of the molecule is [C-]#[N+]c1cc2c(Oc3ccc(CC(=O)Oc4ccccc4)c(Cl)c3)ccnc2cc1OCc1ccccc1. The fourth-order valence-corrected chi connectivity index (χ4v) is 4.07. The number of nitrogens with zero attached hydrogens (tertiary/aromatic N) is 2. The number of halogens is 1. The minimum absolute atomic E-state index is 0.0202. The Balaban J connectivity index is 1.33. The number of hydrogen-bond donors (Lipinski definition) is 0. The summed E-state index contributed by atoms with van der Waals surface area (Å²) in [5.74, 6) is 1.52. The van der Waals surface area contributed by atoms with E-state index >= 15 is 0 Å². The summed E-state index contributed by atoms with van der Waals surface area (Å²) >= 11 is 6.46. The molecule has 0 amide bonds. The van der Waals surface area contributed by atoms with Gasteiger partial charge in [-0.1, -0.05) is 66.2 Å². The molecule has 7 heteroatoms. The predicted octanol–water partition coefficient (Wildman–Crippen LogP) is 7.96. The van der Waals surface area contributed by atoms with Crippen molar-refractivity contribution in [3.8, 4) is 23.0 Å². The molecule has 0 spiro atoms. The summed E-state index contributed by atoms with van der Waals surface area (Å²) in [6.45, 7) is 7.98. The van der Waals surface area contributed by atoms with Gasteiger partial charge in [0.15, 0.2) is 0 Å². The van der Waals surface area contributed by atoms with Gasteiger partial charge in [-0.15, -0.1) is 0 Å². The fraction of sp³-hybridized carbons (Fsp3) is 0.0645. The molecule has 38 heavy (non-hydrogen) atoms. The molecular formula is C31H21ClN2O4. The number of ether oxygens (including phenoxy) is 3. The van der Waals surface area contributed by atoms with Crippen LogP contribution in [-0.2, 0) is 17.8 Å². The number of benzene rings is 4. The molecule has 5 aromatic rings. The second-order valence-corrected chi connectivity index (χ2v) is 8.76. The first kappa shape index (κ1) is 24.8. The van der Waals surface area contributed by atoms with Gasteiger partial charge in [-0.3, -0.25) is 9.78 Å². The third-order valence-corrected chi connectivity index (χ3v) is 6.05. The van der Waals surface area contributed by atoms with Crippen molar-refractivity contribution in [2.45, 2.75) is 13.0 Å². The van der Waals surface area contributed by atoms with Gasteiger partial charge in [0.05, 0.1) is 18.5 Å². The first-order valence-corrected chi connectivity index (χ1v) is 12.2. The van der Waals surface area contributed by atoms with Crippen LogP contribution < -0.4 is 14.2 Å². The zero-order valence-electron chi connectivity index (χ0n) is 20.1. The fourth-order valence-electron chi connectivity index (χ4n) is 3.84. The molecule has 0 aliphatic carbocycles. The highest BCUT2D eigenvalue weighted by Crippen LogP contribution is 2.38. The van der Waals surface area contributed by atoms with Crippen LogP contribution in [0.5, 0.6) is 23.0 Å². The third kappa shape index (κ3) is 5.92. The number of para-hydroxylation sites is 1. The number of rotatable bonds is 8. The second-order valence-electron chi connectivity index (χ2n) is 8.35. The average molecular weight is 521 g/mol. The van der Waals surface area contributed by atoms with Crippen LogP contribution in [0, 0.1) is 6.57 Å². The summed E-state index contributed by atoms with van der Waals surface area (Å²) in [5, 5.41) is 1.04. The lowest BCUT2D eigenvalue weighted by Gasteiger charge is -2.13. The van der Waals surface area contributed by atoms with E-state index in [9.17, 15) is 4.79 Å². The van der Waals surface area contributed by atoms with Gasteiger partial charge in [0.2, 0.25) is 5.69 Å². The summed E-state index contributed by atoms with van der Waals surface area (Å²) in [6.07, 6.45) is 1.65. The lowest BCUT2D eigenvalue weighted by molar-refractivity contribution is -0.133. The lowest BCUT2D eigenvalue weighted by Crippen LogP contribution is -2.11. The molecule has 5 rings (SSSR count). The monoisotopic (exact) mass is 520 g/mol. The summed E-state index contributed by atoms with van der Waals surface area (Å²) < 4.78 is 17.4. The van der Waals surface area contributed by atoms with Gasteiger partial charge in [-0.25, -0.2) is 4.85 Å². The smallest absolute Gasteiger partial charge is 0.315 e. The molecule has 1 aromatic heterocycles. The van der Waals surface area contributed by atoms with E-state index in [1.807, 2.05) is 36.4 Å². The number of fused-ring (bicyclic) bond motifs is 1. The van der Waals surface area contributed by atoms with E-state index in [1.54, 1.807) is 66.9 Å². The lowest BCUT2D eigenvalue weighted by atomic mass is 10.1. The van der Waals surface area contributed by atoms with Crippen LogP contribution in [-0.4, -0.2) is 11.0 Å². The van der Waals surface area contributed by atoms with E-state index in [1.165, 1.54) is 0 Å². The standard InChI is InChI=1S/C31H21ClN2O4/c1-33-28-18-25-27(19-30(28)36-20-21-8-4-2-5-9-21)34-15-14-29(25)37-24-13-12-22(26(32)17-24)16-31(35)38-23-10-6-3-7-11-23/h2-15,17-19H,16,20H2. The Labute approximate surface area is 224 Å². The van der Waals surface area contributed by atoms with Crippen LogP contribution in [0.15, 0.2) is 103 Å². The highest BCUT2D eigenvalue weighted by Gasteiger charge is 2.14. The molecule has 0 N–H and O–H groups in total. The zero-order valence-corrected chi connectivity index (χ0v) is 20.9. The van der Waals surface area contributed by atoms with E-state index in [2.05, 4.69) is 9.83 Å². The molecule has 0 bridgehead atoms. The molecule has 0 aliphatic rings. The van der Waals surface area contributed by atoms with E-state index < -0.39 is 5.97 Å². The van der Waals surface area contributed by atoms with E-state index in [4.69, 9.17) is 32.4 Å². The number of esters is 1. The Morgan fingerprint density at radius 3 is 2.37 bits per heavy atom. The molecule has 0 fully saturated rings. The molecule has 0 aliphatic heterocycles. The van der Waals surface area contributed by atoms with Crippen LogP contribution in [0.3, 0.4) is 0 Å². The average Bonchev–Trinajstić information content (AvgIpc) is 2.94. The van der Waals surface area contributed by atoms with Crippen molar-refractivity contribution in [1.82, 2.24) is 4.98 Å². The quantitative estimate of drug-likeness (QED) is 0.118. The molecule has 4 aromatic carbocycles. The zero-order chi connectivity index (χ0) is 26.3. The minimum atomic E-state index is -0.413. The number of pyridine rings is 1. The van der Waals surface area contributed by atoms with Crippen molar-refractivity contribution in [2.75, 3.05) is 0 Å². The summed E-state index contributed by atoms with van der Waals surface area (Å²) in [4.78, 5) is 20.4. The molecule has 0 atom stereocenters. The Hall–Kier alpha value is -4.86. The summed E-state index contributed by atoms with van der Waals surface area (Å²) in [7, 11) is 0. The van der Waals surface area contributed by atoms with Crippen molar-refractivity contribution >= 4 is 34.2 Å². The molecule has 0 saturated carbocycles. The van der Waals surface area contributed by atoms with Gasteiger partial charge in [-0.2, -0.15) is 0 Å².